The van der Waals surface area contributed by atoms with Gasteiger partial charge in [0.2, 0.25) is 0 Å². The first-order chi connectivity index (χ1) is 12.8. The van der Waals surface area contributed by atoms with Gasteiger partial charge < -0.3 is 14.8 Å². The monoisotopic (exact) mass is 391 g/mol. The zero-order chi connectivity index (χ0) is 20.0. The van der Waals surface area contributed by atoms with E-state index >= 15 is 0 Å². The lowest BCUT2D eigenvalue weighted by atomic mass is 10.1. The molecule has 0 bridgehead atoms. The van der Waals surface area contributed by atoms with Crippen molar-refractivity contribution < 1.29 is 22.7 Å². The molecule has 1 atom stereocenters. The molecule has 0 fully saturated rings. The molecule has 1 unspecified atom stereocenters. The van der Waals surface area contributed by atoms with Crippen molar-refractivity contribution in [3.05, 3.63) is 53.6 Å². The molecule has 2 rings (SSSR count). The van der Waals surface area contributed by atoms with Gasteiger partial charge in [0.25, 0.3) is 5.91 Å². The zero-order valence-corrected chi connectivity index (χ0v) is 16.8. The highest BCUT2D eigenvalue weighted by Gasteiger charge is 2.15. The van der Waals surface area contributed by atoms with Gasteiger partial charge in [0.1, 0.15) is 0 Å². The van der Waals surface area contributed by atoms with Crippen LogP contribution in [0.3, 0.4) is 0 Å². The number of nitrogens with one attached hydrogen (secondary N) is 1. The summed E-state index contributed by atoms with van der Waals surface area (Å²) in [6, 6.07) is 11.1. The molecule has 1 N–H and O–H groups in total. The van der Waals surface area contributed by atoms with E-state index in [9.17, 15) is 13.2 Å². The molecule has 2 aromatic carbocycles. The number of methoxy groups -OCH3 is 1. The molecule has 2 aromatic rings. The Morgan fingerprint density at radius 3 is 2.33 bits per heavy atom. The van der Waals surface area contributed by atoms with Crippen molar-refractivity contribution in [2.45, 2.75) is 31.2 Å². The molecular weight excluding hydrogens is 366 g/mol. The van der Waals surface area contributed by atoms with Gasteiger partial charge in [0, 0.05) is 11.8 Å². The highest BCUT2D eigenvalue weighted by molar-refractivity contribution is 7.90. The van der Waals surface area contributed by atoms with Crippen molar-refractivity contribution in [1.29, 1.82) is 0 Å². The summed E-state index contributed by atoms with van der Waals surface area (Å²) >= 11 is 0. The number of carbonyl (C=O) groups is 1. The summed E-state index contributed by atoms with van der Waals surface area (Å²) in [7, 11) is -1.71. The second-order valence-corrected chi connectivity index (χ2v) is 8.27. The summed E-state index contributed by atoms with van der Waals surface area (Å²) in [5.74, 6) is 0.991. The van der Waals surface area contributed by atoms with Crippen LogP contribution in [0.1, 0.15) is 42.2 Å². The first kappa shape index (κ1) is 20.8. The summed E-state index contributed by atoms with van der Waals surface area (Å²) < 4.78 is 34.0. The molecule has 0 spiro atoms. The third kappa shape index (κ3) is 5.47. The molecule has 7 heteroatoms. The second-order valence-electron chi connectivity index (χ2n) is 6.25. The Morgan fingerprint density at radius 2 is 1.78 bits per heavy atom. The van der Waals surface area contributed by atoms with Crippen molar-refractivity contribution in [3.63, 3.8) is 0 Å². The lowest BCUT2D eigenvalue weighted by molar-refractivity contribution is 0.0939. The van der Waals surface area contributed by atoms with E-state index in [2.05, 4.69) is 5.32 Å². The van der Waals surface area contributed by atoms with Gasteiger partial charge in [-0.2, -0.15) is 0 Å². The molecule has 0 aliphatic rings. The lowest BCUT2D eigenvalue weighted by Gasteiger charge is -2.17. The van der Waals surface area contributed by atoms with Crippen molar-refractivity contribution in [3.8, 4) is 11.5 Å². The highest BCUT2D eigenvalue weighted by Crippen LogP contribution is 2.30. The van der Waals surface area contributed by atoms with Gasteiger partial charge in [-0.3, -0.25) is 4.79 Å². The van der Waals surface area contributed by atoms with Crippen LogP contribution in [-0.4, -0.2) is 34.3 Å². The number of hydrogen-bond donors (Lipinski definition) is 1. The van der Waals surface area contributed by atoms with Gasteiger partial charge in [-0.1, -0.05) is 13.0 Å². The standard InChI is InChI=1S/C20H25NO5S/c1-5-12-26-18-11-8-16(13-19(18)25-3)14(2)21-20(22)15-6-9-17(10-7-15)27(4,23)24/h6-11,13-14H,5,12H2,1-4H3,(H,21,22). The summed E-state index contributed by atoms with van der Waals surface area (Å²) in [6.45, 7) is 4.50. The Morgan fingerprint density at radius 1 is 1.11 bits per heavy atom. The van der Waals surface area contributed by atoms with Crippen LogP contribution >= 0.6 is 0 Å². The Balaban J connectivity index is 2.11. The van der Waals surface area contributed by atoms with E-state index in [0.29, 0.717) is 23.7 Å². The predicted octanol–water partition coefficient (Wildman–Crippen LogP) is 3.38. The average Bonchev–Trinajstić information content (AvgIpc) is 2.65. The fourth-order valence-corrected chi connectivity index (χ4v) is 3.13. The van der Waals surface area contributed by atoms with Crippen LogP contribution in [0.15, 0.2) is 47.4 Å². The SMILES string of the molecule is CCCOc1ccc(C(C)NC(=O)c2ccc(S(C)(=O)=O)cc2)cc1OC. The first-order valence-corrected chi connectivity index (χ1v) is 10.6. The molecule has 146 valence electrons. The van der Waals surface area contributed by atoms with E-state index < -0.39 is 9.84 Å². The Hall–Kier alpha value is -2.54. The van der Waals surface area contributed by atoms with Crippen LogP contribution < -0.4 is 14.8 Å². The van der Waals surface area contributed by atoms with Gasteiger partial charge in [0.05, 0.1) is 24.7 Å². The van der Waals surface area contributed by atoms with Crippen molar-refractivity contribution >= 4 is 15.7 Å². The topological polar surface area (TPSA) is 81.7 Å². The first-order valence-electron chi connectivity index (χ1n) is 8.68. The largest absolute Gasteiger partial charge is 0.493 e. The van der Waals surface area contributed by atoms with E-state index in [4.69, 9.17) is 9.47 Å². The molecule has 0 aliphatic carbocycles. The van der Waals surface area contributed by atoms with Crippen LogP contribution in [0.5, 0.6) is 11.5 Å². The maximum atomic E-state index is 12.4. The summed E-state index contributed by atoms with van der Waals surface area (Å²) in [6.07, 6.45) is 2.03. The van der Waals surface area contributed by atoms with Crippen LogP contribution in [0, 0.1) is 0 Å². The molecule has 0 saturated carbocycles. The molecule has 0 saturated heterocycles. The van der Waals surface area contributed by atoms with Gasteiger partial charge in [-0.05, 0) is 55.3 Å². The number of hydrogen-bond acceptors (Lipinski definition) is 5. The minimum absolute atomic E-state index is 0.180. The lowest BCUT2D eigenvalue weighted by Crippen LogP contribution is -2.26. The zero-order valence-electron chi connectivity index (χ0n) is 16.0. The van der Waals surface area contributed by atoms with E-state index in [1.54, 1.807) is 7.11 Å². The Labute approximate surface area is 160 Å². The molecule has 0 aromatic heterocycles. The van der Waals surface area contributed by atoms with Crippen molar-refractivity contribution in [2.24, 2.45) is 0 Å². The van der Waals surface area contributed by atoms with Crippen LogP contribution in [0.2, 0.25) is 0 Å². The highest BCUT2D eigenvalue weighted by atomic mass is 32.2. The molecule has 6 nitrogen and oxygen atoms in total. The normalized spacial score (nSPS) is 12.3. The minimum Gasteiger partial charge on any atom is -0.493 e. The van der Waals surface area contributed by atoms with Crippen LogP contribution in [0.4, 0.5) is 0 Å². The molecule has 0 radical (unpaired) electrons. The molecule has 1 amide bonds. The summed E-state index contributed by atoms with van der Waals surface area (Å²) in [5, 5.41) is 2.90. The number of rotatable bonds is 8. The van der Waals surface area contributed by atoms with E-state index in [-0.39, 0.29) is 16.8 Å². The molecular formula is C20H25NO5S. The number of benzene rings is 2. The second kappa shape index (κ2) is 8.90. The summed E-state index contributed by atoms with van der Waals surface area (Å²) in [5.41, 5.74) is 1.26. The fourth-order valence-electron chi connectivity index (χ4n) is 2.50. The number of ether oxygens (including phenoxy) is 2. The average molecular weight is 391 g/mol. The smallest absolute Gasteiger partial charge is 0.251 e. The quantitative estimate of drug-likeness (QED) is 0.746. The van der Waals surface area contributed by atoms with Gasteiger partial charge >= 0.3 is 0 Å². The van der Waals surface area contributed by atoms with Crippen LogP contribution in [0.25, 0.3) is 0 Å². The number of carbonyl (C=O) groups excluding carboxylic acids is 1. The molecule has 0 heterocycles. The molecule has 27 heavy (non-hydrogen) atoms. The third-order valence-corrected chi connectivity index (χ3v) is 5.17. The van der Waals surface area contributed by atoms with Crippen molar-refractivity contribution in [1.82, 2.24) is 5.32 Å². The maximum absolute atomic E-state index is 12.4. The number of sulfone groups is 1. The molecule has 0 aliphatic heterocycles. The van der Waals surface area contributed by atoms with Gasteiger partial charge in [-0.15, -0.1) is 0 Å². The van der Waals surface area contributed by atoms with Gasteiger partial charge in [-0.25, -0.2) is 8.42 Å². The van der Waals surface area contributed by atoms with E-state index in [1.807, 2.05) is 32.0 Å². The summed E-state index contributed by atoms with van der Waals surface area (Å²) in [4.78, 5) is 12.6. The Bertz CT molecular complexity index is 891. The third-order valence-electron chi connectivity index (χ3n) is 4.04. The van der Waals surface area contributed by atoms with E-state index in [1.165, 1.54) is 24.3 Å². The maximum Gasteiger partial charge on any atom is 0.251 e. The minimum atomic E-state index is -3.29. The van der Waals surface area contributed by atoms with Crippen molar-refractivity contribution in [2.75, 3.05) is 20.0 Å². The fraction of sp³-hybridized carbons (Fsp3) is 0.350. The number of amides is 1. The van der Waals surface area contributed by atoms with Crippen LogP contribution in [-0.2, 0) is 9.84 Å². The van der Waals surface area contributed by atoms with Gasteiger partial charge in [0.15, 0.2) is 21.3 Å². The Kier molecular flexibility index (Phi) is 6.85. The van der Waals surface area contributed by atoms with E-state index in [0.717, 1.165) is 18.2 Å². The predicted molar refractivity (Wildman–Crippen MR) is 104 cm³/mol.